The van der Waals surface area contributed by atoms with Crippen molar-refractivity contribution in [3.05, 3.63) is 52.0 Å². The molecule has 0 aliphatic heterocycles. The van der Waals surface area contributed by atoms with Crippen molar-refractivity contribution in [3.8, 4) is 0 Å². The molecule has 0 fully saturated rings. The fourth-order valence-corrected chi connectivity index (χ4v) is 2.30. The van der Waals surface area contributed by atoms with Gasteiger partial charge >= 0.3 is 5.97 Å². The lowest BCUT2D eigenvalue weighted by Gasteiger charge is -2.01. The van der Waals surface area contributed by atoms with E-state index in [9.17, 15) is 9.59 Å². The minimum atomic E-state index is -1.10. The van der Waals surface area contributed by atoms with Crippen molar-refractivity contribution in [2.24, 2.45) is 0 Å². The number of nitrogens with zero attached hydrogens (tertiary/aromatic N) is 1. The zero-order chi connectivity index (χ0) is 14.5. The molecule has 2 heterocycles. The molecule has 0 radical (unpaired) electrons. The molecule has 102 valence electrons. The van der Waals surface area contributed by atoms with Crippen LogP contribution in [0, 0.1) is 6.92 Å². The maximum atomic E-state index is 11.7. The van der Waals surface area contributed by atoms with Crippen molar-refractivity contribution in [1.29, 1.82) is 0 Å². The zero-order valence-electron chi connectivity index (χ0n) is 10.7. The largest absolute Gasteiger partial charge is 0.477 e. The molecule has 0 bridgehead atoms. The number of rotatable bonds is 4. The highest BCUT2D eigenvalue weighted by atomic mass is 32.1. The van der Waals surface area contributed by atoms with E-state index in [1.165, 1.54) is 24.4 Å². The summed E-state index contributed by atoms with van der Waals surface area (Å²) >= 11 is 1.56. The van der Waals surface area contributed by atoms with Crippen LogP contribution in [-0.2, 0) is 4.79 Å². The van der Waals surface area contributed by atoms with Crippen molar-refractivity contribution in [2.75, 3.05) is 5.32 Å². The Morgan fingerprint density at radius 2 is 2.15 bits per heavy atom. The molecule has 2 aromatic heterocycles. The summed E-state index contributed by atoms with van der Waals surface area (Å²) in [4.78, 5) is 27.1. The summed E-state index contributed by atoms with van der Waals surface area (Å²) in [6.07, 6.45) is 4.49. The van der Waals surface area contributed by atoms with Crippen molar-refractivity contribution in [1.82, 2.24) is 4.98 Å². The van der Waals surface area contributed by atoms with Crippen LogP contribution in [0.3, 0.4) is 0 Å². The predicted octanol–water partition coefficient (Wildman–Crippen LogP) is 2.80. The minimum absolute atomic E-state index is 0.0623. The number of aromatic carboxylic acids is 1. The number of nitrogens with one attached hydrogen (secondary N) is 1. The molecule has 20 heavy (non-hydrogen) atoms. The molecule has 6 heteroatoms. The molecule has 0 saturated carbocycles. The third-order valence-electron chi connectivity index (χ3n) is 2.54. The molecule has 1 amide bonds. The minimum Gasteiger partial charge on any atom is -0.477 e. The average Bonchev–Trinajstić information content (AvgIpc) is 2.82. The number of pyridine rings is 1. The van der Waals surface area contributed by atoms with Crippen LogP contribution in [0.2, 0.25) is 0 Å². The number of carbonyl (C=O) groups excluding carboxylic acids is 1. The van der Waals surface area contributed by atoms with Gasteiger partial charge in [0.1, 0.15) is 5.69 Å². The van der Waals surface area contributed by atoms with Crippen molar-refractivity contribution in [3.63, 3.8) is 0 Å². The lowest BCUT2D eigenvalue weighted by Crippen LogP contribution is -2.09. The number of aryl methyl sites for hydroxylation is 1. The van der Waals surface area contributed by atoms with E-state index in [1.807, 2.05) is 18.4 Å². The molecule has 0 aliphatic carbocycles. The highest BCUT2D eigenvalue weighted by molar-refractivity contribution is 7.11. The number of carboxylic acid groups (broad SMARTS) is 1. The van der Waals surface area contributed by atoms with Gasteiger partial charge in [0.2, 0.25) is 5.91 Å². The Labute approximate surface area is 119 Å². The van der Waals surface area contributed by atoms with Gasteiger partial charge in [0.05, 0.1) is 11.9 Å². The fourth-order valence-electron chi connectivity index (χ4n) is 1.48. The van der Waals surface area contributed by atoms with Gasteiger partial charge in [-0.25, -0.2) is 9.78 Å². The number of aromatic nitrogens is 1. The summed E-state index contributed by atoms with van der Waals surface area (Å²) in [6, 6.07) is 4.82. The molecule has 5 nitrogen and oxygen atoms in total. The van der Waals surface area contributed by atoms with E-state index in [1.54, 1.807) is 17.4 Å². The SMILES string of the molecule is Cc1ccsc1/C=C/C(=O)Nc1ccc(C(=O)O)nc1. The van der Waals surface area contributed by atoms with Crippen LogP contribution in [0.1, 0.15) is 20.9 Å². The molecule has 0 atom stereocenters. The van der Waals surface area contributed by atoms with Crippen LogP contribution in [0.5, 0.6) is 0 Å². The van der Waals surface area contributed by atoms with Crippen LogP contribution < -0.4 is 5.32 Å². The quantitative estimate of drug-likeness (QED) is 0.848. The number of thiophene rings is 1. The van der Waals surface area contributed by atoms with E-state index >= 15 is 0 Å². The van der Waals surface area contributed by atoms with Crippen LogP contribution in [0.4, 0.5) is 5.69 Å². The number of amides is 1. The molecule has 2 N–H and O–H groups in total. The molecule has 0 saturated heterocycles. The van der Waals surface area contributed by atoms with Gasteiger partial charge in [0.25, 0.3) is 0 Å². The van der Waals surface area contributed by atoms with Crippen LogP contribution in [-0.4, -0.2) is 22.0 Å². The van der Waals surface area contributed by atoms with E-state index in [2.05, 4.69) is 10.3 Å². The standard InChI is InChI=1S/C14H12N2O3S/c1-9-6-7-20-12(9)4-5-13(17)16-10-2-3-11(14(18)19)15-8-10/h2-8H,1H3,(H,16,17)(H,18,19)/b5-4+. The topological polar surface area (TPSA) is 79.3 Å². The predicted molar refractivity (Wildman–Crippen MR) is 77.9 cm³/mol. The number of carbonyl (C=O) groups is 2. The number of hydrogen-bond acceptors (Lipinski definition) is 4. The molecular formula is C14H12N2O3S. The van der Waals surface area contributed by atoms with Gasteiger partial charge in [0.15, 0.2) is 0 Å². The first-order valence-corrected chi connectivity index (χ1v) is 6.67. The Morgan fingerprint density at radius 1 is 1.35 bits per heavy atom. The monoisotopic (exact) mass is 288 g/mol. The van der Waals surface area contributed by atoms with E-state index in [0.29, 0.717) is 5.69 Å². The third kappa shape index (κ3) is 3.52. The van der Waals surface area contributed by atoms with Crippen LogP contribution in [0.15, 0.2) is 35.9 Å². The summed E-state index contributed by atoms with van der Waals surface area (Å²) in [6.45, 7) is 1.97. The Balaban J connectivity index is 1.99. The van der Waals surface area contributed by atoms with Gasteiger partial charge in [-0.05, 0) is 42.1 Å². The number of carboxylic acids is 1. The molecule has 0 aliphatic rings. The molecule has 0 unspecified atom stereocenters. The maximum Gasteiger partial charge on any atom is 0.354 e. The summed E-state index contributed by atoms with van der Waals surface area (Å²) < 4.78 is 0. The van der Waals surface area contributed by atoms with Crippen molar-refractivity contribution < 1.29 is 14.7 Å². The van der Waals surface area contributed by atoms with E-state index in [-0.39, 0.29) is 11.6 Å². The molecular weight excluding hydrogens is 276 g/mol. The lowest BCUT2D eigenvalue weighted by atomic mass is 10.2. The zero-order valence-corrected chi connectivity index (χ0v) is 11.5. The maximum absolute atomic E-state index is 11.7. The first-order chi connectivity index (χ1) is 9.56. The van der Waals surface area contributed by atoms with Crippen molar-refractivity contribution in [2.45, 2.75) is 6.92 Å². The first kappa shape index (κ1) is 14.0. The molecule has 0 aromatic carbocycles. The second-order valence-electron chi connectivity index (χ2n) is 4.03. The molecule has 2 rings (SSSR count). The van der Waals surface area contributed by atoms with Crippen molar-refractivity contribution >= 4 is 35.0 Å². The lowest BCUT2D eigenvalue weighted by molar-refractivity contribution is -0.111. The Kier molecular flexibility index (Phi) is 4.27. The van der Waals surface area contributed by atoms with Gasteiger partial charge in [-0.15, -0.1) is 11.3 Å². The number of hydrogen-bond donors (Lipinski definition) is 2. The van der Waals surface area contributed by atoms with Gasteiger partial charge in [0, 0.05) is 11.0 Å². The summed E-state index contributed by atoms with van der Waals surface area (Å²) in [5.74, 6) is -1.39. The second kappa shape index (κ2) is 6.12. The normalized spacial score (nSPS) is 10.7. The fraction of sp³-hybridized carbons (Fsp3) is 0.0714. The Morgan fingerprint density at radius 3 is 2.70 bits per heavy atom. The number of anilines is 1. The smallest absolute Gasteiger partial charge is 0.354 e. The second-order valence-corrected chi connectivity index (χ2v) is 4.98. The van der Waals surface area contributed by atoms with Gasteiger partial charge in [-0.2, -0.15) is 0 Å². The van der Waals surface area contributed by atoms with E-state index in [0.717, 1.165) is 10.4 Å². The summed E-state index contributed by atoms with van der Waals surface area (Å²) in [7, 11) is 0. The first-order valence-electron chi connectivity index (χ1n) is 5.79. The Hall–Kier alpha value is -2.47. The van der Waals surface area contributed by atoms with E-state index in [4.69, 9.17) is 5.11 Å². The van der Waals surface area contributed by atoms with Gasteiger partial charge < -0.3 is 10.4 Å². The van der Waals surface area contributed by atoms with E-state index < -0.39 is 5.97 Å². The van der Waals surface area contributed by atoms with Gasteiger partial charge in [-0.1, -0.05) is 0 Å². The Bertz CT molecular complexity index is 659. The highest BCUT2D eigenvalue weighted by Crippen LogP contribution is 2.17. The summed E-state index contributed by atoms with van der Waals surface area (Å²) in [5, 5.41) is 13.3. The van der Waals surface area contributed by atoms with Crippen LogP contribution >= 0.6 is 11.3 Å². The summed E-state index contributed by atoms with van der Waals surface area (Å²) in [5.41, 5.74) is 1.51. The van der Waals surface area contributed by atoms with Crippen LogP contribution in [0.25, 0.3) is 6.08 Å². The highest BCUT2D eigenvalue weighted by Gasteiger charge is 2.04. The average molecular weight is 288 g/mol. The third-order valence-corrected chi connectivity index (χ3v) is 3.52. The molecule has 2 aromatic rings. The molecule has 0 spiro atoms. The van der Waals surface area contributed by atoms with Gasteiger partial charge in [-0.3, -0.25) is 4.79 Å².